The monoisotopic (exact) mass is 526 g/mol. The molecule has 2 rings (SSSR count). The number of nitrogens with one attached hydrogen (secondary N) is 2. The van der Waals surface area contributed by atoms with Crippen molar-refractivity contribution < 1.29 is 26.3 Å². The number of nitrogens with zero attached hydrogens (tertiary/aromatic N) is 2. The molecule has 158 valence electrons. The van der Waals surface area contributed by atoms with Crippen molar-refractivity contribution >= 4 is 40.0 Å². The van der Waals surface area contributed by atoms with E-state index in [2.05, 4.69) is 21.7 Å². The van der Waals surface area contributed by atoms with E-state index in [9.17, 15) is 21.6 Å². The Bertz CT molecular complexity index is 633. The van der Waals surface area contributed by atoms with Crippen LogP contribution in [0.5, 0.6) is 0 Å². The highest BCUT2D eigenvalue weighted by atomic mass is 127. The molecule has 2 N–H and O–H groups in total. The summed E-state index contributed by atoms with van der Waals surface area (Å²) in [6.07, 6.45) is 4.43. The maximum atomic E-state index is 12.6. The second-order valence-corrected chi connectivity index (χ2v) is 8.13. The van der Waals surface area contributed by atoms with Gasteiger partial charge in [-0.05, 0) is 25.7 Å². The second kappa shape index (κ2) is 10.8. The second-order valence-electron chi connectivity index (χ2n) is 6.20. The molecule has 0 aromatic carbocycles. The summed E-state index contributed by atoms with van der Waals surface area (Å²) in [7, 11) is -3.62. The van der Waals surface area contributed by atoms with Gasteiger partial charge in [0.05, 0.1) is 13.2 Å². The number of piperidine rings is 1. The number of sulfonamides is 1. The molecule has 0 amide bonds. The van der Waals surface area contributed by atoms with Crippen molar-refractivity contribution in [2.75, 3.05) is 39.9 Å². The predicted molar refractivity (Wildman–Crippen MR) is 108 cm³/mol. The summed E-state index contributed by atoms with van der Waals surface area (Å²) in [5.41, 5.74) is -3.92. The van der Waals surface area contributed by atoms with E-state index >= 15 is 0 Å². The van der Waals surface area contributed by atoms with E-state index < -0.39 is 15.5 Å². The Kier molecular flexibility index (Phi) is 9.79. The lowest BCUT2D eigenvalue weighted by molar-refractivity contribution is -0.0494. The number of ether oxygens (including phenoxy) is 1. The van der Waals surface area contributed by atoms with E-state index in [0.717, 1.165) is 19.4 Å². The number of aliphatic imine (C=N–C) groups is 1. The Hall–Kier alpha value is -0.600. The lowest BCUT2D eigenvalue weighted by Crippen LogP contribution is -2.51. The molecular weight excluding hydrogens is 500 g/mol. The van der Waals surface area contributed by atoms with E-state index in [1.807, 2.05) is 0 Å². The molecule has 2 aliphatic rings. The van der Waals surface area contributed by atoms with E-state index in [1.165, 1.54) is 5.57 Å². The first kappa shape index (κ1) is 24.4. The van der Waals surface area contributed by atoms with Gasteiger partial charge in [0.2, 0.25) is 0 Å². The average molecular weight is 526 g/mol. The van der Waals surface area contributed by atoms with Crippen molar-refractivity contribution in [2.24, 2.45) is 4.99 Å². The first-order valence-electron chi connectivity index (χ1n) is 8.53. The van der Waals surface area contributed by atoms with Gasteiger partial charge in [0, 0.05) is 32.7 Å². The molecule has 0 aromatic heterocycles. The van der Waals surface area contributed by atoms with Crippen LogP contribution in [-0.2, 0) is 14.8 Å². The molecule has 0 aliphatic carbocycles. The number of alkyl halides is 3. The van der Waals surface area contributed by atoms with Crippen molar-refractivity contribution in [1.29, 1.82) is 0 Å². The molecule has 2 heterocycles. The van der Waals surface area contributed by atoms with Crippen LogP contribution >= 0.6 is 24.0 Å². The van der Waals surface area contributed by atoms with Gasteiger partial charge in [-0.25, -0.2) is 8.42 Å². The SMILES string of the molecule is CN=C(NCCC1=CCOCC1)NC1CCN(S(=O)(=O)C(F)(F)F)CC1.I. The van der Waals surface area contributed by atoms with Crippen molar-refractivity contribution in [3.05, 3.63) is 11.6 Å². The number of halogens is 4. The molecule has 1 saturated heterocycles. The van der Waals surface area contributed by atoms with E-state index in [1.54, 1.807) is 7.05 Å². The molecule has 2 aliphatic heterocycles. The summed E-state index contributed by atoms with van der Waals surface area (Å²) >= 11 is 0. The molecule has 12 heteroatoms. The van der Waals surface area contributed by atoms with Gasteiger partial charge in [0.1, 0.15) is 0 Å². The number of hydrogen-bond acceptors (Lipinski definition) is 4. The van der Waals surface area contributed by atoms with Crippen LogP contribution in [0, 0.1) is 0 Å². The van der Waals surface area contributed by atoms with Crippen LogP contribution in [0.1, 0.15) is 25.7 Å². The summed E-state index contributed by atoms with van der Waals surface area (Å²) in [4.78, 5) is 4.11. The van der Waals surface area contributed by atoms with E-state index in [4.69, 9.17) is 4.74 Å². The Morgan fingerprint density at radius 2 is 2.04 bits per heavy atom. The average Bonchev–Trinajstić information content (AvgIpc) is 2.61. The minimum Gasteiger partial charge on any atom is -0.377 e. The van der Waals surface area contributed by atoms with Gasteiger partial charge < -0.3 is 15.4 Å². The van der Waals surface area contributed by atoms with Gasteiger partial charge in [0.25, 0.3) is 0 Å². The molecular formula is C15H26F3IN4O3S. The van der Waals surface area contributed by atoms with Crippen LogP contribution < -0.4 is 10.6 Å². The van der Waals surface area contributed by atoms with Gasteiger partial charge >= 0.3 is 15.5 Å². The topological polar surface area (TPSA) is 83.0 Å². The third kappa shape index (κ3) is 7.06. The maximum absolute atomic E-state index is 12.6. The third-order valence-electron chi connectivity index (χ3n) is 4.45. The standard InChI is InChI=1S/C15H25F3N4O3S.HI/c1-19-14(20-7-2-12-5-10-25-11-6-12)21-13-3-8-22(9-4-13)26(23,24)15(16,17)18;/h5,13H,2-4,6-11H2,1H3,(H2,19,20,21);1H. The lowest BCUT2D eigenvalue weighted by atomic mass is 10.1. The number of rotatable bonds is 5. The van der Waals surface area contributed by atoms with Gasteiger partial charge in [-0.15, -0.1) is 24.0 Å². The third-order valence-corrected chi connectivity index (χ3v) is 6.08. The Morgan fingerprint density at radius 1 is 1.37 bits per heavy atom. The van der Waals surface area contributed by atoms with Crippen molar-refractivity contribution in [3.8, 4) is 0 Å². The van der Waals surface area contributed by atoms with Gasteiger partial charge in [-0.1, -0.05) is 11.6 Å². The van der Waals surface area contributed by atoms with Gasteiger partial charge in [-0.2, -0.15) is 17.5 Å². The fraction of sp³-hybridized carbons (Fsp3) is 0.800. The molecule has 0 saturated carbocycles. The van der Waals surface area contributed by atoms with Crippen LogP contribution in [0.2, 0.25) is 0 Å². The minimum atomic E-state index is -5.25. The number of hydrogen-bond donors (Lipinski definition) is 2. The quantitative estimate of drug-likeness (QED) is 0.247. The maximum Gasteiger partial charge on any atom is 0.511 e. The fourth-order valence-electron chi connectivity index (χ4n) is 2.91. The number of guanidine groups is 1. The highest BCUT2D eigenvalue weighted by Crippen LogP contribution is 2.28. The molecule has 0 spiro atoms. The molecule has 0 radical (unpaired) electrons. The zero-order valence-corrected chi connectivity index (χ0v) is 18.2. The summed E-state index contributed by atoms with van der Waals surface area (Å²) in [5, 5.41) is 6.32. The summed E-state index contributed by atoms with van der Waals surface area (Å²) < 4.78 is 66.3. The Morgan fingerprint density at radius 3 is 2.56 bits per heavy atom. The first-order chi connectivity index (χ1) is 12.2. The van der Waals surface area contributed by atoms with Crippen molar-refractivity contribution in [2.45, 2.75) is 37.2 Å². The fourth-order valence-corrected chi connectivity index (χ4v) is 3.89. The zero-order valence-electron chi connectivity index (χ0n) is 15.1. The Balaban J connectivity index is 0.00000364. The van der Waals surface area contributed by atoms with Crippen molar-refractivity contribution in [3.63, 3.8) is 0 Å². The van der Waals surface area contributed by atoms with Crippen molar-refractivity contribution in [1.82, 2.24) is 14.9 Å². The largest absolute Gasteiger partial charge is 0.511 e. The molecule has 0 unspecified atom stereocenters. The zero-order chi connectivity index (χ0) is 19.2. The minimum absolute atomic E-state index is 0. The van der Waals surface area contributed by atoms with Gasteiger partial charge in [0.15, 0.2) is 5.96 Å². The molecule has 7 nitrogen and oxygen atoms in total. The van der Waals surface area contributed by atoms with Crippen LogP contribution in [0.25, 0.3) is 0 Å². The van der Waals surface area contributed by atoms with E-state index in [-0.39, 0.29) is 43.1 Å². The Labute approximate surface area is 174 Å². The smallest absolute Gasteiger partial charge is 0.377 e. The first-order valence-corrected chi connectivity index (χ1v) is 9.97. The van der Waals surface area contributed by atoms with Crippen LogP contribution in [0.3, 0.4) is 0 Å². The summed E-state index contributed by atoms with van der Waals surface area (Å²) in [5.74, 6) is 0.565. The highest BCUT2D eigenvalue weighted by molar-refractivity contribution is 14.0. The normalized spacial score (nSPS) is 20.6. The highest BCUT2D eigenvalue weighted by Gasteiger charge is 2.50. The lowest BCUT2D eigenvalue weighted by Gasteiger charge is -2.32. The molecule has 0 atom stereocenters. The molecule has 27 heavy (non-hydrogen) atoms. The molecule has 0 aromatic rings. The van der Waals surface area contributed by atoms with Crippen LogP contribution in [0.4, 0.5) is 13.2 Å². The molecule has 0 bridgehead atoms. The van der Waals surface area contributed by atoms with Gasteiger partial charge in [-0.3, -0.25) is 4.99 Å². The molecule has 1 fully saturated rings. The van der Waals surface area contributed by atoms with Crippen LogP contribution in [-0.4, -0.2) is 70.1 Å². The van der Waals surface area contributed by atoms with E-state index in [0.29, 0.717) is 36.3 Å². The predicted octanol–water partition coefficient (Wildman–Crippen LogP) is 1.82. The summed E-state index contributed by atoms with van der Waals surface area (Å²) in [6, 6.07) is -0.122. The summed E-state index contributed by atoms with van der Waals surface area (Å²) in [6.45, 7) is 1.74. The van der Waals surface area contributed by atoms with Crippen LogP contribution in [0.15, 0.2) is 16.6 Å².